The third-order valence-corrected chi connectivity index (χ3v) is 2.05. The molecule has 88 valence electrons. The molecule has 0 aliphatic rings. The second-order valence-corrected chi connectivity index (χ2v) is 4.32. The molecule has 0 heterocycles. The Kier molecular flexibility index (Phi) is 6.25. The summed E-state index contributed by atoms with van der Waals surface area (Å²) in [5.41, 5.74) is 0.341. The van der Waals surface area contributed by atoms with Gasteiger partial charge in [-0.15, -0.1) is 6.58 Å². The van der Waals surface area contributed by atoms with Crippen molar-refractivity contribution in [3.05, 3.63) is 12.2 Å². The van der Waals surface area contributed by atoms with Gasteiger partial charge >= 0.3 is 0 Å². The van der Waals surface area contributed by atoms with E-state index in [4.69, 9.17) is 4.74 Å². The van der Waals surface area contributed by atoms with E-state index >= 15 is 0 Å². The molecule has 0 saturated heterocycles. The van der Waals surface area contributed by atoms with Crippen LogP contribution >= 0.6 is 0 Å². The van der Waals surface area contributed by atoms with E-state index in [0.717, 1.165) is 18.4 Å². The minimum absolute atomic E-state index is 0.0581. The molecule has 0 radical (unpaired) electrons. The van der Waals surface area contributed by atoms with E-state index in [1.165, 1.54) is 0 Å². The second kappa shape index (κ2) is 6.62. The Labute approximate surface area is 92.9 Å². The predicted molar refractivity (Wildman–Crippen MR) is 62.8 cm³/mol. The summed E-state index contributed by atoms with van der Waals surface area (Å²) in [6, 6.07) is 0. The molecule has 0 unspecified atom stereocenters. The van der Waals surface area contributed by atoms with Gasteiger partial charge in [-0.05, 0) is 33.6 Å². The van der Waals surface area contributed by atoms with Crippen LogP contribution < -0.4 is 5.32 Å². The molecule has 0 atom stereocenters. The first kappa shape index (κ1) is 14.2. The van der Waals surface area contributed by atoms with Gasteiger partial charge in [0.05, 0.1) is 0 Å². The Balaban J connectivity index is 3.90. The van der Waals surface area contributed by atoms with Crippen molar-refractivity contribution in [3.63, 3.8) is 0 Å². The van der Waals surface area contributed by atoms with Crippen LogP contribution in [0.5, 0.6) is 0 Å². The number of hydrogen-bond acceptors (Lipinski definition) is 2. The van der Waals surface area contributed by atoms with Crippen molar-refractivity contribution in [2.45, 2.75) is 46.1 Å². The summed E-state index contributed by atoms with van der Waals surface area (Å²) < 4.78 is 5.46. The largest absolute Gasteiger partial charge is 0.366 e. The van der Waals surface area contributed by atoms with Crippen LogP contribution in [-0.2, 0) is 9.53 Å². The van der Waals surface area contributed by atoms with E-state index < -0.39 is 5.60 Å². The van der Waals surface area contributed by atoms with Crippen molar-refractivity contribution in [1.82, 2.24) is 5.32 Å². The Hall–Kier alpha value is -0.830. The highest BCUT2D eigenvalue weighted by atomic mass is 16.5. The highest BCUT2D eigenvalue weighted by molar-refractivity contribution is 5.84. The highest BCUT2D eigenvalue weighted by Crippen LogP contribution is 2.09. The maximum absolute atomic E-state index is 11.7. The van der Waals surface area contributed by atoms with E-state index in [2.05, 4.69) is 11.9 Å². The van der Waals surface area contributed by atoms with Crippen LogP contribution in [0.3, 0.4) is 0 Å². The maximum Gasteiger partial charge on any atom is 0.251 e. The zero-order valence-electron chi connectivity index (χ0n) is 10.4. The Morgan fingerprint density at radius 2 is 2.07 bits per heavy atom. The van der Waals surface area contributed by atoms with Crippen LogP contribution in [0.25, 0.3) is 0 Å². The average molecular weight is 213 g/mol. The molecule has 0 rings (SSSR count). The van der Waals surface area contributed by atoms with Gasteiger partial charge < -0.3 is 10.1 Å². The lowest BCUT2D eigenvalue weighted by atomic mass is 10.1. The van der Waals surface area contributed by atoms with Crippen LogP contribution in [0.4, 0.5) is 0 Å². The Morgan fingerprint density at radius 3 is 2.53 bits per heavy atom. The fraction of sp³-hybridized carbons (Fsp3) is 0.750. The predicted octanol–water partition coefficient (Wildman–Crippen LogP) is 2.27. The average Bonchev–Trinajstić information content (AvgIpc) is 2.14. The lowest BCUT2D eigenvalue weighted by Crippen LogP contribution is -2.44. The third-order valence-electron chi connectivity index (χ3n) is 2.05. The number of nitrogens with one attached hydrogen (secondary N) is 1. The first-order valence-electron chi connectivity index (χ1n) is 5.46. The van der Waals surface area contributed by atoms with E-state index in [1.807, 2.05) is 13.8 Å². The minimum Gasteiger partial charge on any atom is -0.366 e. The molecule has 0 bridgehead atoms. The molecule has 0 aromatic carbocycles. The minimum atomic E-state index is -0.731. The van der Waals surface area contributed by atoms with Gasteiger partial charge in [0.25, 0.3) is 5.91 Å². The van der Waals surface area contributed by atoms with E-state index in [-0.39, 0.29) is 5.91 Å². The number of hydrogen-bond donors (Lipinski definition) is 1. The van der Waals surface area contributed by atoms with Crippen LogP contribution in [0.2, 0.25) is 0 Å². The van der Waals surface area contributed by atoms with Gasteiger partial charge in [0.2, 0.25) is 0 Å². The normalized spacial score (nSPS) is 11.2. The van der Waals surface area contributed by atoms with Gasteiger partial charge in [-0.1, -0.05) is 12.5 Å². The molecule has 0 spiro atoms. The van der Waals surface area contributed by atoms with Crippen LogP contribution in [0, 0.1) is 0 Å². The lowest BCUT2D eigenvalue weighted by molar-refractivity contribution is -0.142. The van der Waals surface area contributed by atoms with Crippen molar-refractivity contribution < 1.29 is 9.53 Å². The Bertz CT molecular complexity index is 222. The summed E-state index contributed by atoms with van der Waals surface area (Å²) >= 11 is 0. The molecule has 1 amide bonds. The molecule has 0 saturated carbocycles. The van der Waals surface area contributed by atoms with Crippen molar-refractivity contribution >= 4 is 5.91 Å². The first-order valence-corrected chi connectivity index (χ1v) is 5.46. The fourth-order valence-electron chi connectivity index (χ4n) is 1.03. The van der Waals surface area contributed by atoms with Crippen molar-refractivity contribution in [2.75, 3.05) is 13.2 Å². The van der Waals surface area contributed by atoms with Gasteiger partial charge in [-0.2, -0.15) is 0 Å². The quantitative estimate of drug-likeness (QED) is 0.659. The molecule has 0 aromatic rings. The molecule has 3 heteroatoms. The van der Waals surface area contributed by atoms with E-state index in [9.17, 15) is 4.79 Å². The number of ether oxygens (including phenoxy) is 1. The maximum atomic E-state index is 11.7. The standard InChI is InChI=1S/C12H23NO2/c1-6-9-15-12(4,5)11(14)13-8-7-10(2)3/h2,6-9H2,1,3-5H3,(H,13,14). The summed E-state index contributed by atoms with van der Waals surface area (Å²) in [5.74, 6) is -0.0581. The zero-order valence-corrected chi connectivity index (χ0v) is 10.4. The first-order chi connectivity index (χ1) is 6.90. The summed E-state index contributed by atoms with van der Waals surface area (Å²) in [4.78, 5) is 11.7. The third kappa shape index (κ3) is 6.28. The van der Waals surface area contributed by atoms with Gasteiger partial charge in [-0.25, -0.2) is 0 Å². The molecule has 0 fully saturated rings. The number of rotatable bonds is 7. The molecule has 3 nitrogen and oxygen atoms in total. The second-order valence-electron chi connectivity index (χ2n) is 4.32. The lowest BCUT2D eigenvalue weighted by Gasteiger charge is -2.24. The van der Waals surface area contributed by atoms with Crippen molar-refractivity contribution in [2.24, 2.45) is 0 Å². The number of carbonyl (C=O) groups is 1. The van der Waals surface area contributed by atoms with Gasteiger partial charge in [-0.3, -0.25) is 4.79 Å². The summed E-state index contributed by atoms with van der Waals surface area (Å²) in [5, 5.41) is 2.84. The zero-order chi connectivity index (χ0) is 11.9. The highest BCUT2D eigenvalue weighted by Gasteiger charge is 2.27. The van der Waals surface area contributed by atoms with Gasteiger partial charge in [0, 0.05) is 13.2 Å². The topological polar surface area (TPSA) is 38.3 Å². The number of carbonyl (C=O) groups excluding carboxylic acids is 1. The van der Waals surface area contributed by atoms with Crippen LogP contribution in [0.1, 0.15) is 40.5 Å². The number of amides is 1. The van der Waals surface area contributed by atoms with Crippen molar-refractivity contribution in [3.8, 4) is 0 Å². The smallest absolute Gasteiger partial charge is 0.251 e. The molecule has 0 aromatic heterocycles. The summed E-state index contributed by atoms with van der Waals surface area (Å²) in [7, 11) is 0. The molecule has 0 aliphatic carbocycles. The molecular weight excluding hydrogens is 190 g/mol. The van der Waals surface area contributed by atoms with E-state index in [1.54, 1.807) is 13.8 Å². The SMILES string of the molecule is C=C(C)CCNC(=O)C(C)(C)OCCC. The van der Waals surface area contributed by atoms with Gasteiger partial charge in [0.15, 0.2) is 0 Å². The molecule has 0 aliphatic heterocycles. The van der Waals surface area contributed by atoms with Gasteiger partial charge in [0.1, 0.15) is 5.60 Å². The van der Waals surface area contributed by atoms with Crippen molar-refractivity contribution in [1.29, 1.82) is 0 Å². The van der Waals surface area contributed by atoms with Crippen LogP contribution in [-0.4, -0.2) is 24.7 Å². The van der Waals surface area contributed by atoms with E-state index in [0.29, 0.717) is 13.2 Å². The van der Waals surface area contributed by atoms with Crippen LogP contribution in [0.15, 0.2) is 12.2 Å². The Morgan fingerprint density at radius 1 is 1.47 bits per heavy atom. The summed E-state index contributed by atoms with van der Waals surface area (Å²) in [6.07, 6.45) is 1.73. The summed E-state index contributed by atoms with van der Waals surface area (Å²) in [6.45, 7) is 12.6. The monoisotopic (exact) mass is 213 g/mol. The molecule has 1 N–H and O–H groups in total. The molecular formula is C12H23NO2. The fourth-order valence-corrected chi connectivity index (χ4v) is 1.03. The molecule has 15 heavy (non-hydrogen) atoms.